The summed E-state index contributed by atoms with van der Waals surface area (Å²) >= 11 is 0. The van der Waals surface area contributed by atoms with Crippen molar-refractivity contribution >= 4 is 35.6 Å². The summed E-state index contributed by atoms with van der Waals surface area (Å²) in [5, 5.41) is 6.87. The lowest BCUT2D eigenvalue weighted by Gasteiger charge is -2.15. The van der Waals surface area contributed by atoms with E-state index in [0.29, 0.717) is 20.0 Å². The number of nitrogens with zero attached hydrogens (tertiary/aromatic N) is 1. The first-order chi connectivity index (χ1) is 14.8. The van der Waals surface area contributed by atoms with Crippen LogP contribution in [0, 0.1) is 5.92 Å². The van der Waals surface area contributed by atoms with Crippen molar-refractivity contribution in [3.63, 3.8) is 0 Å². The van der Waals surface area contributed by atoms with Crippen molar-refractivity contribution in [1.82, 2.24) is 5.32 Å². The van der Waals surface area contributed by atoms with Crippen molar-refractivity contribution < 1.29 is 18.9 Å². The molecule has 2 aliphatic heterocycles. The van der Waals surface area contributed by atoms with Crippen LogP contribution in [0.4, 0.5) is 5.69 Å². The molecule has 31 heavy (non-hydrogen) atoms. The first-order valence-electron chi connectivity index (χ1n) is 10.7. The number of hydrogen-bond donors (Lipinski definition) is 2. The number of rotatable bonds is 6. The normalized spacial score (nSPS) is 16.8. The van der Waals surface area contributed by atoms with Gasteiger partial charge in [-0.15, -0.1) is 24.0 Å². The molecule has 1 fully saturated rings. The van der Waals surface area contributed by atoms with Crippen LogP contribution in [0.1, 0.15) is 24.8 Å². The molecule has 166 valence electrons. The van der Waals surface area contributed by atoms with Gasteiger partial charge in [0.2, 0.25) is 6.79 Å². The summed E-state index contributed by atoms with van der Waals surface area (Å²) < 4.78 is 22.4. The van der Waals surface area contributed by atoms with E-state index in [-0.39, 0.29) is 24.0 Å². The Kier molecular flexibility index (Phi) is 7.26. The molecule has 1 aliphatic carbocycles. The molecule has 0 unspecified atom stereocenters. The third kappa shape index (κ3) is 5.87. The molecule has 0 radical (unpaired) electrons. The van der Waals surface area contributed by atoms with E-state index >= 15 is 0 Å². The van der Waals surface area contributed by atoms with Crippen LogP contribution in [0.15, 0.2) is 41.4 Å². The van der Waals surface area contributed by atoms with E-state index in [9.17, 15) is 0 Å². The molecule has 0 spiro atoms. The van der Waals surface area contributed by atoms with Gasteiger partial charge in [-0.2, -0.15) is 0 Å². The number of anilines is 1. The monoisotopic (exact) mass is 537 g/mol. The lowest BCUT2D eigenvalue weighted by Crippen LogP contribution is -2.32. The molecule has 1 saturated carbocycles. The molecule has 0 amide bonds. The Morgan fingerprint density at radius 2 is 1.65 bits per heavy atom. The third-order valence-corrected chi connectivity index (χ3v) is 5.36. The van der Waals surface area contributed by atoms with Crippen LogP contribution in [0.3, 0.4) is 0 Å². The number of hydrogen-bond acceptors (Lipinski definition) is 5. The Bertz CT molecular complexity index is 933. The zero-order valence-electron chi connectivity index (χ0n) is 17.4. The first kappa shape index (κ1) is 21.9. The lowest BCUT2D eigenvalue weighted by molar-refractivity contribution is 0.174. The zero-order valence-corrected chi connectivity index (χ0v) is 19.7. The number of halogens is 1. The van der Waals surface area contributed by atoms with Gasteiger partial charge in [-0.25, -0.2) is 0 Å². The van der Waals surface area contributed by atoms with E-state index in [1.54, 1.807) is 0 Å². The predicted octanol–water partition coefficient (Wildman–Crippen LogP) is 4.20. The molecule has 7 nitrogen and oxygen atoms in total. The van der Waals surface area contributed by atoms with Gasteiger partial charge in [0.05, 0.1) is 13.2 Å². The van der Waals surface area contributed by atoms with E-state index in [1.165, 1.54) is 18.4 Å². The van der Waals surface area contributed by atoms with E-state index < -0.39 is 0 Å². The average molecular weight is 537 g/mol. The summed E-state index contributed by atoms with van der Waals surface area (Å²) in [5.41, 5.74) is 2.13. The fourth-order valence-electron chi connectivity index (χ4n) is 3.46. The van der Waals surface area contributed by atoms with Crippen LogP contribution >= 0.6 is 24.0 Å². The van der Waals surface area contributed by atoms with Gasteiger partial charge in [0, 0.05) is 31.3 Å². The summed E-state index contributed by atoms with van der Waals surface area (Å²) in [5.74, 6) is 4.72. The van der Waals surface area contributed by atoms with Crippen molar-refractivity contribution in [1.29, 1.82) is 0 Å². The van der Waals surface area contributed by atoms with Gasteiger partial charge in [0.25, 0.3) is 0 Å². The minimum atomic E-state index is 0. The minimum absolute atomic E-state index is 0. The summed E-state index contributed by atoms with van der Waals surface area (Å²) in [4.78, 5) is 4.78. The Balaban J connectivity index is 0.00000231. The Morgan fingerprint density at radius 3 is 2.52 bits per heavy atom. The molecule has 0 saturated heterocycles. The molecule has 5 rings (SSSR count). The maximum atomic E-state index is 5.81. The molecular weight excluding hydrogens is 509 g/mol. The highest BCUT2D eigenvalue weighted by molar-refractivity contribution is 14.0. The molecule has 0 atom stereocenters. The van der Waals surface area contributed by atoms with E-state index in [0.717, 1.165) is 66.5 Å². The fraction of sp³-hybridized carbons (Fsp3) is 0.435. The van der Waals surface area contributed by atoms with Gasteiger partial charge < -0.3 is 29.6 Å². The smallest absolute Gasteiger partial charge is 0.231 e. The maximum Gasteiger partial charge on any atom is 0.231 e. The van der Waals surface area contributed by atoms with Gasteiger partial charge >= 0.3 is 0 Å². The lowest BCUT2D eigenvalue weighted by atomic mass is 10.1. The Labute approximate surface area is 199 Å². The molecule has 0 bridgehead atoms. The van der Waals surface area contributed by atoms with Crippen LogP contribution in [0.25, 0.3) is 0 Å². The van der Waals surface area contributed by atoms with Crippen molar-refractivity contribution in [3.8, 4) is 23.0 Å². The van der Waals surface area contributed by atoms with Crippen LogP contribution in [0.2, 0.25) is 0 Å². The molecule has 2 aromatic carbocycles. The maximum absolute atomic E-state index is 5.81. The number of benzene rings is 2. The van der Waals surface area contributed by atoms with E-state index in [4.69, 9.17) is 23.9 Å². The van der Waals surface area contributed by atoms with Crippen molar-refractivity contribution in [2.75, 3.05) is 38.4 Å². The van der Waals surface area contributed by atoms with E-state index in [2.05, 4.69) is 16.7 Å². The molecule has 2 N–H and O–H groups in total. The van der Waals surface area contributed by atoms with Crippen molar-refractivity contribution in [2.24, 2.45) is 10.9 Å². The van der Waals surface area contributed by atoms with Crippen molar-refractivity contribution in [3.05, 3.63) is 42.0 Å². The average Bonchev–Trinajstić information content (AvgIpc) is 3.52. The third-order valence-electron chi connectivity index (χ3n) is 5.36. The number of guanidine groups is 1. The highest BCUT2D eigenvalue weighted by atomic mass is 127. The second-order valence-electron chi connectivity index (χ2n) is 7.83. The summed E-state index contributed by atoms with van der Waals surface area (Å²) in [6.45, 7) is 3.28. The van der Waals surface area contributed by atoms with E-state index in [1.807, 2.05) is 30.3 Å². The number of fused-ring (bicyclic) bond motifs is 2. The minimum Gasteiger partial charge on any atom is -0.490 e. The first-order valence-corrected chi connectivity index (χ1v) is 10.7. The highest BCUT2D eigenvalue weighted by Crippen LogP contribution is 2.33. The SMILES string of the molecule is I.c1cc2c(cc1CCNC(=NCC1CC1)Nc1ccc3c(c1)OCCCO3)OCO2. The van der Waals surface area contributed by atoms with Gasteiger partial charge in [0.15, 0.2) is 29.0 Å². The topological polar surface area (TPSA) is 73.3 Å². The molecule has 8 heteroatoms. The number of ether oxygens (including phenoxy) is 4. The molecule has 2 heterocycles. The predicted molar refractivity (Wildman–Crippen MR) is 130 cm³/mol. The van der Waals surface area contributed by atoms with Gasteiger partial charge in [-0.3, -0.25) is 4.99 Å². The standard InChI is InChI=1S/C23H27N3O4.HI/c1-10-27-19-7-5-18(13-22(19)28-11-1)26-23(25-14-17-2-3-17)24-9-8-16-4-6-20-21(12-16)30-15-29-20;/h4-7,12-13,17H,1-3,8-11,14-15H2,(H2,24,25,26);1H. The Morgan fingerprint density at radius 1 is 0.903 bits per heavy atom. The summed E-state index contributed by atoms with van der Waals surface area (Å²) in [6.07, 6.45) is 4.31. The van der Waals surface area contributed by atoms with Crippen molar-refractivity contribution in [2.45, 2.75) is 25.7 Å². The number of nitrogens with one attached hydrogen (secondary N) is 2. The molecule has 2 aromatic rings. The quantitative estimate of drug-likeness (QED) is 0.327. The van der Waals surface area contributed by atoms with Crippen LogP contribution < -0.4 is 29.6 Å². The highest BCUT2D eigenvalue weighted by Gasteiger charge is 2.21. The second kappa shape index (κ2) is 10.3. The summed E-state index contributed by atoms with van der Waals surface area (Å²) in [6, 6.07) is 12.0. The molecule has 0 aromatic heterocycles. The van der Waals surface area contributed by atoms with Crippen LogP contribution in [-0.4, -0.2) is 39.1 Å². The zero-order chi connectivity index (χ0) is 20.2. The largest absolute Gasteiger partial charge is 0.490 e. The van der Waals surface area contributed by atoms with Gasteiger partial charge in [-0.1, -0.05) is 6.07 Å². The molecule has 3 aliphatic rings. The van der Waals surface area contributed by atoms with Gasteiger partial charge in [0.1, 0.15) is 0 Å². The Hall–Kier alpha value is -2.36. The molecular formula is C23H28IN3O4. The van der Waals surface area contributed by atoms with Crippen LogP contribution in [-0.2, 0) is 6.42 Å². The number of aliphatic imine (C=N–C) groups is 1. The van der Waals surface area contributed by atoms with Crippen LogP contribution in [0.5, 0.6) is 23.0 Å². The summed E-state index contributed by atoms with van der Waals surface area (Å²) in [7, 11) is 0. The van der Waals surface area contributed by atoms with Gasteiger partial charge in [-0.05, 0) is 55.0 Å². The second-order valence-corrected chi connectivity index (χ2v) is 7.83. The fourth-order valence-corrected chi connectivity index (χ4v) is 3.46.